The number of nitrogens with zero attached hydrogens (tertiary/aromatic N) is 3. The maximum Gasteiger partial charge on any atom is 0.213 e. The highest BCUT2D eigenvalue weighted by molar-refractivity contribution is 7.09. The zero-order valence-corrected chi connectivity index (χ0v) is 6.86. The largest absolute Gasteiger partial charge is 0.343 e. The van der Waals surface area contributed by atoms with Crippen LogP contribution in [-0.4, -0.2) is 15.1 Å². The fourth-order valence-electron chi connectivity index (χ4n) is 0.822. The molecule has 0 aliphatic heterocycles. The molecule has 0 bridgehead atoms. The molecule has 2 heterocycles. The molecular weight excluding hydrogens is 176 g/mol. The van der Waals surface area contributed by atoms with Crippen molar-refractivity contribution in [2.75, 3.05) is 0 Å². The number of aromatic nitrogens is 3. The van der Waals surface area contributed by atoms with Gasteiger partial charge in [-0.15, -0.1) is 11.3 Å². The second-order valence-corrected chi connectivity index (χ2v) is 3.09. The molecule has 0 fully saturated rings. The van der Waals surface area contributed by atoms with Gasteiger partial charge in [0.25, 0.3) is 0 Å². The SMILES string of the molecule is NC(c1ncon1)c1cncs1. The average Bonchev–Trinajstić information content (AvgIpc) is 2.77. The molecule has 5 nitrogen and oxygen atoms in total. The Balaban J connectivity index is 2.27. The van der Waals surface area contributed by atoms with E-state index >= 15 is 0 Å². The summed E-state index contributed by atoms with van der Waals surface area (Å²) in [6, 6.07) is -0.323. The summed E-state index contributed by atoms with van der Waals surface area (Å²) in [7, 11) is 0. The van der Waals surface area contributed by atoms with Crippen LogP contribution in [0.4, 0.5) is 0 Å². The first-order valence-corrected chi connectivity index (χ1v) is 4.16. The lowest BCUT2D eigenvalue weighted by Gasteiger charge is -2.00. The van der Waals surface area contributed by atoms with E-state index in [2.05, 4.69) is 19.6 Å². The van der Waals surface area contributed by atoms with E-state index in [0.717, 1.165) is 4.88 Å². The van der Waals surface area contributed by atoms with Gasteiger partial charge < -0.3 is 10.3 Å². The average molecular weight is 182 g/mol. The van der Waals surface area contributed by atoms with Crippen LogP contribution in [0, 0.1) is 0 Å². The molecule has 62 valence electrons. The summed E-state index contributed by atoms with van der Waals surface area (Å²) in [6.07, 6.45) is 2.96. The third-order valence-corrected chi connectivity index (χ3v) is 2.27. The molecule has 0 aromatic carbocycles. The van der Waals surface area contributed by atoms with E-state index < -0.39 is 0 Å². The topological polar surface area (TPSA) is 77.8 Å². The lowest BCUT2D eigenvalue weighted by atomic mass is 10.3. The van der Waals surface area contributed by atoms with Crippen LogP contribution in [0.1, 0.15) is 16.7 Å². The summed E-state index contributed by atoms with van der Waals surface area (Å²) < 4.78 is 4.58. The van der Waals surface area contributed by atoms with Crippen molar-refractivity contribution in [2.45, 2.75) is 6.04 Å². The molecule has 0 spiro atoms. The van der Waals surface area contributed by atoms with Gasteiger partial charge >= 0.3 is 0 Å². The van der Waals surface area contributed by atoms with Crippen LogP contribution in [0.5, 0.6) is 0 Å². The molecule has 1 atom stereocenters. The number of hydrogen-bond donors (Lipinski definition) is 1. The van der Waals surface area contributed by atoms with E-state index in [-0.39, 0.29) is 6.04 Å². The number of rotatable bonds is 2. The second-order valence-electron chi connectivity index (χ2n) is 2.17. The highest BCUT2D eigenvalue weighted by Crippen LogP contribution is 2.18. The quantitative estimate of drug-likeness (QED) is 0.734. The molecule has 0 saturated heterocycles. The Hall–Kier alpha value is -1.27. The van der Waals surface area contributed by atoms with Crippen LogP contribution in [0.25, 0.3) is 0 Å². The summed E-state index contributed by atoms with van der Waals surface area (Å²) in [6.45, 7) is 0. The Morgan fingerprint density at radius 2 is 2.50 bits per heavy atom. The Morgan fingerprint density at radius 3 is 3.08 bits per heavy atom. The zero-order chi connectivity index (χ0) is 8.39. The summed E-state index contributed by atoms with van der Waals surface area (Å²) in [5, 5.41) is 3.64. The Kier molecular flexibility index (Phi) is 1.84. The van der Waals surface area contributed by atoms with Crippen molar-refractivity contribution in [1.29, 1.82) is 0 Å². The lowest BCUT2D eigenvalue weighted by molar-refractivity contribution is 0.407. The molecule has 6 heteroatoms. The van der Waals surface area contributed by atoms with Crippen molar-refractivity contribution >= 4 is 11.3 Å². The molecule has 0 aliphatic carbocycles. The van der Waals surface area contributed by atoms with Gasteiger partial charge in [-0.1, -0.05) is 5.16 Å². The minimum Gasteiger partial charge on any atom is -0.343 e. The molecule has 2 N–H and O–H groups in total. The molecule has 0 aliphatic rings. The van der Waals surface area contributed by atoms with Crippen molar-refractivity contribution in [2.24, 2.45) is 5.73 Å². The minimum absolute atomic E-state index is 0.323. The normalized spacial score (nSPS) is 13.1. The molecule has 0 saturated carbocycles. The van der Waals surface area contributed by atoms with Crippen LogP contribution in [0.3, 0.4) is 0 Å². The minimum atomic E-state index is -0.323. The fourth-order valence-corrected chi connectivity index (χ4v) is 1.44. The van der Waals surface area contributed by atoms with Crippen molar-refractivity contribution in [1.82, 2.24) is 15.1 Å². The third kappa shape index (κ3) is 1.21. The van der Waals surface area contributed by atoms with E-state index in [9.17, 15) is 0 Å². The van der Waals surface area contributed by atoms with Crippen molar-refractivity contribution in [3.05, 3.63) is 28.8 Å². The number of hydrogen-bond acceptors (Lipinski definition) is 6. The van der Waals surface area contributed by atoms with Gasteiger partial charge in [-0.2, -0.15) is 4.98 Å². The summed E-state index contributed by atoms with van der Waals surface area (Å²) in [4.78, 5) is 8.68. The highest BCUT2D eigenvalue weighted by Gasteiger charge is 2.14. The first-order valence-electron chi connectivity index (χ1n) is 3.28. The van der Waals surface area contributed by atoms with Gasteiger partial charge in [0.2, 0.25) is 6.39 Å². The predicted octanol–water partition coefficient (Wildman–Crippen LogP) is 0.574. The molecule has 12 heavy (non-hydrogen) atoms. The van der Waals surface area contributed by atoms with Crippen molar-refractivity contribution < 1.29 is 4.52 Å². The summed E-state index contributed by atoms with van der Waals surface area (Å²) >= 11 is 1.47. The Bertz CT molecular complexity index is 296. The second kappa shape index (κ2) is 3.00. The van der Waals surface area contributed by atoms with Crippen LogP contribution in [0.2, 0.25) is 0 Å². The number of thiazole rings is 1. The van der Waals surface area contributed by atoms with E-state index in [1.54, 1.807) is 11.7 Å². The summed E-state index contributed by atoms with van der Waals surface area (Å²) in [5.41, 5.74) is 7.51. The first kappa shape index (κ1) is 7.38. The molecular formula is C6H6N4OS. The van der Waals surface area contributed by atoms with Gasteiger partial charge in [-0.25, -0.2) is 0 Å². The van der Waals surface area contributed by atoms with Gasteiger partial charge in [-0.3, -0.25) is 4.98 Å². The Morgan fingerprint density at radius 1 is 1.58 bits per heavy atom. The van der Waals surface area contributed by atoms with Crippen LogP contribution >= 0.6 is 11.3 Å². The predicted molar refractivity (Wildman–Crippen MR) is 42.4 cm³/mol. The van der Waals surface area contributed by atoms with E-state index in [1.807, 2.05) is 0 Å². The van der Waals surface area contributed by atoms with Gasteiger partial charge in [0.1, 0.15) is 6.04 Å². The van der Waals surface area contributed by atoms with Crippen LogP contribution in [-0.2, 0) is 0 Å². The smallest absolute Gasteiger partial charge is 0.213 e. The lowest BCUT2D eigenvalue weighted by Crippen LogP contribution is -2.11. The van der Waals surface area contributed by atoms with Crippen molar-refractivity contribution in [3.63, 3.8) is 0 Å². The third-order valence-electron chi connectivity index (χ3n) is 1.41. The van der Waals surface area contributed by atoms with E-state index in [4.69, 9.17) is 5.73 Å². The molecule has 2 rings (SSSR count). The molecule has 1 unspecified atom stereocenters. The van der Waals surface area contributed by atoms with Crippen LogP contribution < -0.4 is 5.73 Å². The monoisotopic (exact) mass is 182 g/mol. The maximum atomic E-state index is 5.79. The number of nitrogens with two attached hydrogens (primary N) is 1. The van der Waals surface area contributed by atoms with E-state index in [0.29, 0.717) is 5.82 Å². The van der Waals surface area contributed by atoms with Gasteiger partial charge in [0, 0.05) is 11.1 Å². The molecule has 2 aromatic heterocycles. The molecule has 2 aromatic rings. The summed E-state index contributed by atoms with van der Waals surface area (Å²) in [5.74, 6) is 0.485. The van der Waals surface area contributed by atoms with E-state index in [1.165, 1.54) is 17.7 Å². The Labute approximate surface area is 72.2 Å². The molecule has 0 amide bonds. The maximum absolute atomic E-state index is 5.79. The van der Waals surface area contributed by atoms with Gasteiger partial charge in [0.05, 0.1) is 5.51 Å². The zero-order valence-electron chi connectivity index (χ0n) is 6.04. The highest BCUT2D eigenvalue weighted by atomic mass is 32.1. The molecule has 0 radical (unpaired) electrons. The fraction of sp³-hybridized carbons (Fsp3) is 0.167. The standard InChI is InChI=1S/C6H6N4OS/c7-5(4-1-8-3-12-4)6-9-2-11-10-6/h1-3,5H,7H2. The van der Waals surface area contributed by atoms with Crippen LogP contribution in [0.15, 0.2) is 22.6 Å². The first-order chi connectivity index (χ1) is 5.88. The van der Waals surface area contributed by atoms with Gasteiger partial charge in [0.15, 0.2) is 5.82 Å². The van der Waals surface area contributed by atoms with Crippen molar-refractivity contribution in [3.8, 4) is 0 Å². The van der Waals surface area contributed by atoms with Gasteiger partial charge in [-0.05, 0) is 0 Å².